The van der Waals surface area contributed by atoms with E-state index in [1.807, 2.05) is 0 Å². The highest BCUT2D eigenvalue weighted by Gasteiger charge is 2.16. The molecular weight excluding hydrogens is 314 g/mol. The fraction of sp³-hybridized carbons (Fsp3) is 1.00. The van der Waals surface area contributed by atoms with Crippen LogP contribution in [0.15, 0.2) is 0 Å². The number of rotatable bonds is 18. The minimum Gasteiger partial charge on any atom is -0.303 e. The van der Waals surface area contributed by atoms with Gasteiger partial charge in [-0.25, -0.2) is 0 Å². The summed E-state index contributed by atoms with van der Waals surface area (Å²) < 4.78 is 0. The van der Waals surface area contributed by atoms with Crippen molar-refractivity contribution in [2.75, 3.05) is 13.6 Å². The van der Waals surface area contributed by atoms with Crippen molar-refractivity contribution in [1.29, 1.82) is 0 Å². The molecule has 1 aliphatic carbocycles. The SMILES string of the molecule is CCCCCCCCCCCCCCCCCCN(C)C1CCCCC1. The molecule has 156 valence electrons. The molecule has 0 aliphatic heterocycles. The van der Waals surface area contributed by atoms with Crippen LogP contribution >= 0.6 is 0 Å². The summed E-state index contributed by atoms with van der Waals surface area (Å²) in [6.45, 7) is 3.64. The molecule has 0 N–H and O–H groups in total. The predicted octanol–water partition coefficient (Wildman–Crippen LogP) is 8.51. The summed E-state index contributed by atoms with van der Waals surface area (Å²) in [5, 5.41) is 0. The summed E-state index contributed by atoms with van der Waals surface area (Å²) in [7, 11) is 2.36. The summed E-state index contributed by atoms with van der Waals surface area (Å²) in [5.41, 5.74) is 0. The van der Waals surface area contributed by atoms with Gasteiger partial charge < -0.3 is 4.90 Å². The fourth-order valence-electron chi connectivity index (χ4n) is 4.61. The molecule has 0 aromatic heterocycles. The van der Waals surface area contributed by atoms with E-state index < -0.39 is 0 Å². The van der Waals surface area contributed by atoms with Crippen LogP contribution in [0.3, 0.4) is 0 Å². The molecule has 0 aromatic rings. The van der Waals surface area contributed by atoms with Crippen molar-refractivity contribution >= 4 is 0 Å². The van der Waals surface area contributed by atoms with Gasteiger partial charge in [0.25, 0.3) is 0 Å². The molecule has 1 rings (SSSR count). The molecule has 0 aromatic carbocycles. The van der Waals surface area contributed by atoms with Crippen LogP contribution < -0.4 is 0 Å². The molecule has 1 nitrogen and oxygen atoms in total. The standard InChI is InChI=1S/C25H51N/c1-3-4-5-6-7-8-9-10-11-12-13-14-15-16-17-21-24-26(2)25-22-19-18-20-23-25/h25H,3-24H2,1-2H3. The van der Waals surface area contributed by atoms with E-state index in [0.717, 1.165) is 6.04 Å². The molecular formula is C25H51N. The summed E-state index contributed by atoms with van der Waals surface area (Å²) in [6.07, 6.45) is 30.8. The van der Waals surface area contributed by atoms with E-state index in [2.05, 4.69) is 18.9 Å². The summed E-state index contributed by atoms with van der Waals surface area (Å²) in [4.78, 5) is 2.66. The van der Waals surface area contributed by atoms with Gasteiger partial charge in [-0.15, -0.1) is 0 Å². The molecule has 0 saturated heterocycles. The molecule has 0 bridgehead atoms. The topological polar surface area (TPSA) is 3.24 Å². The van der Waals surface area contributed by atoms with E-state index in [-0.39, 0.29) is 0 Å². The van der Waals surface area contributed by atoms with Crippen LogP contribution in [0.1, 0.15) is 142 Å². The lowest BCUT2D eigenvalue weighted by Gasteiger charge is -2.31. The normalized spacial score (nSPS) is 15.8. The third-order valence-electron chi connectivity index (χ3n) is 6.56. The molecule has 0 radical (unpaired) electrons. The zero-order valence-electron chi connectivity index (χ0n) is 18.6. The van der Waals surface area contributed by atoms with Gasteiger partial charge in [-0.05, 0) is 32.9 Å². The van der Waals surface area contributed by atoms with Crippen LogP contribution in [0.5, 0.6) is 0 Å². The van der Waals surface area contributed by atoms with Crippen LogP contribution in [0, 0.1) is 0 Å². The first-order chi connectivity index (χ1) is 12.8. The Hall–Kier alpha value is -0.0400. The molecule has 1 heteroatoms. The monoisotopic (exact) mass is 365 g/mol. The van der Waals surface area contributed by atoms with Crippen LogP contribution in [0.2, 0.25) is 0 Å². The Morgan fingerprint density at radius 2 is 0.923 bits per heavy atom. The molecule has 0 spiro atoms. The van der Waals surface area contributed by atoms with Crippen molar-refractivity contribution in [3.8, 4) is 0 Å². The van der Waals surface area contributed by atoms with Gasteiger partial charge in [-0.2, -0.15) is 0 Å². The number of hydrogen-bond donors (Lipinski definition) is 0. The summed E-state index contributed by atoms with van der Waals surface area (Å²) in [5.74, 6) is 0. The van der Waals surface area contributed by atoms with Gasteiger partial charge in [-0.3, -0.25) is 0 Å². The van der Waals surface area contributed by atoms with E-state index >= 15 is 0 Å². The van der Waals surface area contributed by atoms with Crippen LogP contribution in [0.25, 0.3) is 0 Å². The van der Waals surface area contributed by atoms with Gasteiger partial charge >= 0.3 is 0 Å². The molecule has 1 aliphatic rings. The average Bonchev–Trinajstić information content (AvgIpc) is 2.68. The molecule has 0 heterocycles. The lowest BCUT2D eigenvalue weighted by Crippen LogP contribution is -2.34. The molecule has 0 amide bonds. The largest absolute Gasteiger partial charge is 0.303 e. The van der Waals surface area contributed by atoms with Gasteiger partial charge in [0.1, 0.15) is 0 Å². The second-order valence-electron chi connectivity index (χ2n) is 9.08. The highest BCUT2D eigenvalue weighted by atomic mass is 15.1. The zero-order chi connectivity index (χ0) is 18.7. The van der Waals surface area contributed by atoms with Crippen molar-refractivity contribution in [3.05, 3.63) is 0 Å². The van der Waals surface area contributed by atoms with Gasteiger partial charge in [0.15, 0.2) is 0 Å². The number of unbranched alkanes of at least 4 members (excludes halogenated alkanes) is 15. The van der Waals surface area contributed by atoms with Crippen molar-refractivity contribution < 1.29 is 0 Å². The first kappa shape index (κ1) is 24.0. The predicted molar refractivity (Wildman–Crippen MR) is 119 cm³/mol. The molecule has 0 atom stereocenters. The van der Waals surface area contributed by atoms with E-state index in [9.17, 15) is 0 Å². The highest BCUT2D eigenvalue weighted by Crippen LogP contribution is 2.22. The van der Waals surface area contributed by atoms with Gasteiger partial charge in [0, 0.05) is 6.04 Å². The summed E-state index contributed by atoms with van der Waals surface area (Å²) in [6, 6.07) is 0.903. The zero-order valence-corrected chi connectivity index (χ0v) is 18.6. The average molecular weight is 366 g/mol. The first-order valence-electron chi connectivity index (χ1n) is 12.5. The van der Waals surface area contributed by atoms with Gasteiger partial charge in [0.05, 0.1) is 0 Å². The molecule has 26 heavy (non-hydrogen) atoms. The van der Waals surface area contributed by atoms with Crippen molar-refractivity contribution in [2.45, 2.75) is 148 Å². The Kier molecular flexibility index (Phi) is 16.9. The summed E-state index contributed by atoms with van der Waals surface area (Å²) >= 11 is 0. The maximum absolute atomic E-state index is 2.66. The molecule has 1 saturated carbocycles. The smallest absolute Gasteiger partial charge is 0.00922 e. The minimum atomic E-state index is 0.903. The lowest BCUT2D eigenvalue weighted by atomic mass is 9.94. The maximum atomic E-state index is 2.66. The van der Waals surface area contributed by atoms with E-state index in [4.69, 9.17) is 0 Å². The Morgan fingerprint density at radius 3 is 1.35 bits per heavy atom. The van der Waals surface area contributed by atoms with Crippen molar-refractivity contribution in [1.82, 2.24) is 4.90 Å². The quantitative estimate of drug-likeness (QED) is 0.220. The van der Waals surface area contributed by atoms with E-state index in [1.165, 1.54) is 141 Å². The lowest BCUT2D eigenvalue weighted by molar-refractivity contribution is 0.188. The van der Waals surface area contributed by atoms with E-state index in [1.54, 1.807) is 0 Å². The van der Waals surface area contributed by atoms with Crippen LogP contribution in [0.4, 0.5) is 0 Å². The van der Waals surface area contributed by atoms with Crippen molar-refractivity contribution in [2.24, 2.45) is 0 Å². The first-order valence-corrected chi connectivity index (χ1v) is 12.5. The Bertz CT molecular complexity index is 269. The van der Waals surface area contributed by atoms with Crippen LogP contribution in [-0.2, 0) is 0 Å². The highest BCUT2D eigenvalue weighted by molar-refractivity contribution is 4.73. The fourth-order valence-corrected chi connectivity index (χ4v) is 4.61. The Labute approximate surface area is 166 Å². The van der Waals surface area contributed by atoms with E-state index in [0.29, 0.717) is 0 Å². The number of hydrogen-bond acceptors (Lipinski definition) is 1. The minimum absolute atomic E-state index is 0.903. The molecule has 0 unspecified atom stereocenters. The van der Waals surface area contributed by atoms with Gasteiger partial charge in [-0.1, -0.05) is 122 Å². The third-order valence-corrected chi connectivity index (χ3v) is 6.56. The van der Waals surface area contributed by atoms with Gasteiger partial charge in [0.2, 0.25) is 0 Å². The third kappa shape index (κ3) is 14.1. The second kappa shape index (κ2) is 18.3. The van der Waals surface area contributed by atoms with Crippen molar-refractivity contribution in [3.63, 3.8) is 0 Å². The maximum Gasteiger partial charge on any atom is 0.00922 e. The second-order valence-corrected chi connectivity index (χ2v) is 9.08. The Morgan fingerprint density at radius 1 is 0.538 bits per heavy atom. The Balaban J connectivity index is 1.72. The number of nitrogens with zero attached hydrogens (tertiary/aromatic N) is 1. The van der Waals surface area contributed by atoms with Crippen LogP contribution in [-0.4, -0.2) is 24.5 Å². The molecule has 1 fully saturated rings.